The minimum Gasteiger partial charge on any atom is -0.497 e. The Kier molecular flexibility index (Phi) is 5.19. The molecule has 1 saturated carbocycles. The predicted octanol–water partition coefficient (Wildman–Crippen LogP) is 5.21. The van der Waals surface area contributed by atoms with Crippen molar-refractivity contribution in [2.45, 2.75) is 38.5 Å². The molecule has 0 saturated heterocycles. The third kappa shape index (κ3) is 3.97. The van der Waals surface area contributed by atoms with E-state index in [-0.39, 0.29) is 5.97 Å². The van der Waals surface area contributed by atoms with Gasteiger partial charge in [-0.3, -0.25) is 0 Å². The molecule has 1 aliphatic rings. The van der Waals surface area contributed by atoms with Gasteiger partial charge in [-0.15, -0.1) is 0 Å². The molecule has 0 N–H and O–H groups in total. The first kappa shape index (κ1) is 16.6. The maximum atomic E-state index is 12.2. The monoisotopic (exact) mass is 324 g/mol. The summed E-state index contributed by atoms with van der Waals surface area (Å²) in [5.41, 5.74) is 1.92. The highest BCUT2D eigenvalue weighted by Gasteiger charge is 2.20. The molecule has 126 valence electrons. The Morgan fingerprint density at radius 1 is 0.875 bits per heavy atom. The number of methoxy groups -OCH3 is 1. The molecule has 1 fully saturated rings. The lowest BCUT2D eigenvalue weighted by Gasteiger charge is -2.26. The molecule has 0 aliphatic heterocycles. The first-order chi connectivity index (χ1) is 11.7. The molecule has 0 heterocycles. The van der Waals surface area contributed by atoms with Gasteiger partial charge in [0.2, 0.25) is 0 Å². The molecule has 0 atom stereocenters. The van der Waals surface area contributed by atoms with Gasteiger partial charge in [-0.25, -0.2) is 4.79 Å². The Morgan fingerprint density at radius 2 is 1.46 bits per heavy atom. The Hall–Kier alpha value is -2.29. The summed E-state index contributed by atoms with van der Waals surface area (Å²) >= 11 is 0. The fourth-order valence-corrected chi connectivity index (χ4v) is 3.29. The van der Waals surface area contributed by atoms with Crippen LogP contribution in [0.4, 0.5) is 0 Å². The van der Waals surface area contributed by atoms with Gasteiger partial charge < -0.3 is 9.47 Å². The van der Waals surface area contributed by atoms with Crippen molar-refractivity contribution in [2.75, 3.05) is 7.11 Å². The molecule has 1 aliphatic carbocycles. The molecule has 0 bridgehead atoms. The number of carbonyl (C=O) groups is 1. The van der Waals surface area contributed by atoms with Crippen molar-refractivity contribution >= 4 is 5.97 Å². The zero-order valence-electron chi connectivity index (χ0n) is 14.3. The van der Waals surface area contributed by atoms with Gasteiger partial charge in [-0.2, -0.15) is 0 Å². The zero-order valence-corrected chi connectivity index (χ0v) is 14.3. The first-order valence-electron chi connectivity index (χ1n) is 8.62. The SMILES string of the molecule is COc1ccc(OC(=O)c2ccc(C3CCC(C)CC3)cc2)cc1. The summed E-state index contributed by atoms with van der Waals surface area (Å²) in [5, 5.41) is 0. The van der Waals surface area contributed by atoms with Crippen LogP contribution in [-0.4, -0.2) is 13.1 Å². The van der Waals surface area contributed by atoms with E-state index in [1.807, 2.05) is 12.1 Å². The first-order valence-corrected chi connectivity index (χ1v) is 8.62. The Bertz CT molecular complexity index is 665. The summed E-state index contributed by atoms with van der Waals surface area (Å²) < 4.78 is 10.5. The molecular weight excluding hydrogens is 300 g/mol. The van der Waals surface area contributed by atoms with Crippen molar-refractivity contribution < 1.29 is 14.3 Å². The summed E-state index contributed by atoms with van der Waals surface area (Å²) in [5.74, 6) is 2.41. The summed E-state index contributed by atoms with van der Waals surface area (Å²) in [6, 6.07) is 14.9. The second-order valence-electron chi connectivity index (χ2n) is 6.64. The van der Waals surface area contributed by atoms with Crippen molar-refractivity contribution in [2.24, 2.45) is 5.92 Å². The number of benzene rings is 2. The van der Waals surface area contributed by atoms with E-state index < -0.39 is 0 Å². The van der Waals surface area contributed by atoms with E-state index in [1.54, 1.807) is 31.4 Å². The van der Waals surface area contributed by atoms with Crippen molar-refractivity contribution in [1.29, 1.82) is 0 Å². The van der Waals surface area contributed by atoms with Gasteiger partial charge in [0.05, 0.1) is 12.7 Å². The summed E-state index contributed by atoms with van der Waals surface area (Å²) in [7, 11) is 1.61. The molecule has 0 radical (unpaired) electrons. The van der Waals surface area contributed by atoms with E-state index in [0.717, 1.165) is 11.7 Å². The van der Waals surface area contributed by atoms with Gasteiger partial charge in [0.1, 0.15) is 11.5 Å². The van der Waals surface area contributed by atoms with E-state index in [0.29, 0.717) is 17.2 Å². The molecule has 0 amide bonds. The maximum Gasteiger partial charge on any atom is 0.343 e. The largest absolute Gasteiger partial charge is 0.497 e. The molecule has 3 heteroatoms. The Labute approximate surface area is 143 Å². The van der Waals surface area contributed by atoms with Gasteiger partial charge >= 0.3 is 5.97 Å². The van der Waals surface area contributed by atoms with Crippen LogP contribution in [0.15, 0.2) is 48.5 Å². The van der Waals surface area contributed by atoms with Crippen molar-refractivity contribution in [3.05, 3.63) is 59.7 Å². The molecule has 2 aromatic rings. The summed E-state index contributed by atoms with van der Waals surface area (Å²) in [6.45, 7) is 2.33. The van der Waals surface area contributed by atoms with E-state index >= 15 is 0 Å². The minimum atomic E-state index is -0.330. The van der Waals surface area contributed by atoms with E-state index in [9.17, 15) is 4.79 Å². The molecule has 0 spiro atoms. The lowest BCUT2D eigenvalue weighted by Crippen LogP contribution is -2.12. The predicted molar refractivity (Wildman–Crippen MR) is 94.8 cm³/mol. The molecule has 0 unspecified atom stereocenters. The molecule has 0 aromatic heterocycles. The molecule has 3 rings (SSSR count). The van der Waals surface area contributed by atoms with Gasteiger partial charge in [0, 0.05) is 0 Å². The second kappa shape index (κ2) is 7.52. The third-order valence-electron chi connectivity index (χ3n) is 4.90. The lowest BCUT2D eigenvalue weighted by atomic mass is 9.79. The lowest BCUT2D eigenvalue weighted by molar-refractivity contribution is 0.0734. The number of rotatable bonds is 4. The third-order valence-corrected chi connectivity index (χ3v) is 4.90. The second-order valence-corrected chi connectivity index (χ2v) is 6.64. The number of carbonyl (C=O) groups excluding carboxylic acids is 1. The van der Waals surface area contributed by atoms with Crippen LogP contribution in [0.3, 0.4) is 0 Å². The smallest absolute Gasteiger partial charge is 0.343 e. The molecular formula is C21H24O3. The number of esters is 1. The standard InChI is InChI=1S/C21H24O3/c1-15-3-5-16(6-4-15)17-7-9-18(10-8-17)21(22)24-20-13-11-19(23-2)12-14-20/h7-16H,3-6H2,1-2H3. The summed E-state index contributed by atoms with van der Waals surface area (Å²) in [4.78, 5) is 12.2. The number of ether oxygens (including phenoxy) is 2. The van der Waals surface area contributed by atoms with Gasteiger partial charge in [0.15, 0.2) is 0 Å². The molecule has 3 nitrogen and oxygen atoms in total. The number of hydrogen-bond acceptors (Lipinski definition) is 3. The minimum absolute atomic E-state index is 0.330. The summed E-state index contributed by atoms with van der Waals surface area (Å²) in [6.07, 6.45) is 5.09. The van der Waals surface area contributed by atoms with Crippen LogP contribution in [0, 0.1) is 5.92 Å². The fourth-order valence-electron chi connectivity index (χ4n) is 3.29. The molecule has 24 heavy (non-hydrogen) atoms. The average Bonchev–Trinajstić information content (AvgIpc) is 2.63. The maximum absolute atomic E-state index is 12.2. The van der Waals surface area contributed by atoms with Crippen molar-refractivity contribution in [1.82, 2.24) is 0 Å². The average molecular weight is 324 g/mol. The highest BCUT2D eigenvalue weighted by Crippen LogP contribution is 2.35. The number of hydrogen-bond donors (Lipinski definition) is 0. The van der Waals surface area contributed by atoms with E-state index in [1.165, 1.54) is 31.2 Å². The van der Waals surface area contributed by atoms with Gasteiger partial charge in [-0.05, 0) is 66.6 Å². The normalized spacial score (nSPS) is 20.4. The van der Waals surface area contributed by atoms with Crippen LogP contribution in [-0.2, 0) is 0 Å². The van der Waals surface area contributed by atoms with Crippen LogP contribution in [0.5, 0.6) is 11.5 Å². The van der Waals surface area contributed by atoms with E-state index in [2.05, 4.69) is 19.1 Å². The highest BCUT2D eigenvalue weighted by molar-refractivity contribution is 5.91. The van der Waals surface area contributed by atoms with Crippen LogP contribution in [0.25, 0.3) is 0 Å². The molecule has 2 aromatic carbocycles. The van der Waals surface area contributed by atoms with Gasteiger partial charge in [-0.1, -0.05) is 31.9 Å². The Balaban J connectivity index is 1.62. The van der Waals surface area contributed by atoms with Crippen molar-refractivity contribution in [3.63, 3.8) is 0 Å². The highest BCUT2D eigenvalue weighted by atomic mass is 16.5. The quantitative estimate of drug-likeness (QED) is 0.572. The van der Waals surface area contributed by atoms with E-state index in [4.69, 9.17) is 9.47 Å². The fraction of sp³-hybridized carbons (Fsp3) is 0.381. The van der Waals surface area contributed by atoms with Crippen LogP contribution in [0.2, 0.25) is 0 Å². The van der Waals surface area contributed by atoms with Crippen molar-refractivity contribution in [3.8, 4) is 11.5 Å². The van der Waals surface area contributed by atoms with Gasteiger partial charge in [0.25, 0.3) is 0 Å². The Morgan fingerprint density at radius 3 is 2.04 bits per heavy atom. The zero-order chi connectivity index (χ0) is 16.9. The van der Waals surface area contributed by atoms with Crippen LogP contribution < -0.4 is 9.47 Å². The topological polar surface area (TPSA) is 35.5 Å². The van der Waals surface area contributed by atoms with Crippen LogP contribution >= 0.6 is 0 Å². The van der Waals surface area contributed by atoms with Crippen LogP contribution in [0.1, 0.15) is 54.4 Å².